The third kappa shape index (κ3) is 3.21. The number of carbonyl (C=O) groups excluding carboxylic acids is 1. The van der Waals surface area contributed by atoms with Crippen molar-refractivity contribution >= 4 is 23.2 Å². The summed E-state index contributed by atoms with van der Waals surface area (Å²) in [5.41, 5.74) is 6.58. The highest BCUT2D eigenvalue weighted by Gasteiger charge is 2.26. The lowest BCUT2D eigenvalue weighted by Crippen LogP contribution is -2.35. The van der Waals surface area contributed by atoms with Gasteiger partial charge in [-0.15, -0.1) is 0 Å². The molecule has 0 radical (unpaired) electrons. The van der Waals surface area contributed by atoms with Crippen molar-refractivity contribution in [1.82, 2.24) is 0 Å². The number of hydrogen-bond donors (Lipinski definition) is 2. The first-order valence-electron chi connectivity index (χ1n) is 6.85. The monoisotopic (exact) mass is 280 g/mol. The molecule has 3 N–H and O–H groups in total. The van der Waals surface area contributed by atoms with Crippen molar-refractivity contribution < 1.29 is 4.79 Å². The molecule has 0 bridgehead atoms. The Bertz CT molecular complexity index is 475. The second-order valence-corrected chi connectivity index (χ2v) is 5.98. The maximum Gasteiger partial charge on any atom is 0.250 e. The molecule has 3 nitrogen and oxygen atoms in total. The predicted octanol–water partition coefficient (Wildman–Crippen LogP) is 3.68. The topological polar surface area (TPSA) is 55.1 Å². The molecule has 0 heterocycles. The zero-order valence-electron chi connectivity index (χ0n) is 11.4. The number of nitrogens with one attached hydrogen (secondary N) is 1. The highest BCUT2D eigenvalue weighted by molar-refractivity contribution is 6.34. The molecule has 1 aliphatic rings. The quantitative estimate of drug-likeness (QED) is 0.887. The van der Waals surface area contributed by atoms with Crippen LogP contribution in [0.25, 0.3) is 0 Å². The van der Waals surface area contributed by atoms with Crippen molar-refractivity contribution in [1.29, 1.82) is 0 Å². The first-order valence-corrected chi connectivity index (χ1v) is 7.22. The van der Waals surface area contributed by atoms with Gasteiger partial charge in [0.05, 0.1) is 10.6 Å². The van der Waals surface area contributed by atoms with Gasteiger partial charge in [-0.1, -0.05) is 38.3 Å². The molecule has 4 heteroatoms. The van der Waals surface area contributed by atoms with Gasteiger partial charge in [0.25, 0.3) is 0 Å². The molecule has 2 rings (SSSR count). The third-order valence-electron chi connectivity index (χ3n) is 4.29. The van der Waals surface area contributed by atoms with E-state index in [-0.39, 0.29) is 0 Å². The molecule has 1 saturated carbocycles. The molecule has 1 aromatic rings. The van der Waals surface area contributed by atoms with Gasteiger partial charge >= 0.3 is 0 Å². The van der Waals surface area contributed by atoms with E-state index < -0.39 is 5.91 Å². The van der Waals surface area contributed by atoms with Crippen LogP contribution in [0, 0.1) is 11.8 Å². The van der Waals surface area contributed by atoms with Gasteiger partial charge in [-0.05, 0) is 36.5 Å². The number of primary amides is 1. The minimum atomic E-state index is -0.490. The van der Waals surface area contributed by atoms with Gasteiger partial charge in [-0.2, -0.15) is 0 Å². The summed E-state index contributed by atoms with van der Waals surface area (Å²) in [6.07, 6.45) is 3.75. The summed E-state index contributed by atoms with van der Waals surface area (Å²) in [5.74, 6) is 0.895. The first-order chi connectivity index (χ1) is 8.99. The molecule has 3 unspecified atom stereocenters. The van der Waals surface area contributed by atoms with Gasteiger partial charge in [0.15, 0.2) is 0 Å². The van der Waals surface area contributed by atoms with E-state index in [1.54, 1.807) is 12.1 Å². The average Bonchev–Trinajstić information content (AvgIpc) is 2.34. The van der Waals surface area contributed by atoms with Crippen molar-refractivity contribution in [2.45, 2.75) is 39.2 Å². The minimum absolute atomic E-state index is 0.372. The number of anilines is 1. The fourth-order valence-electron chi connectivity index (χ4n) is 2.80. The summed E-state index contributed by atoms with van der Waals surface area (Å²) in [6.45, 7) is 4.60. The zero-order valence-corrected chi connectivity index (χ0v) is 12.2. The second kappa shape index (κ2) is 5.83. The molecule has 3 atom stereocenters. The lowest BCUT2D eigenvalue weighted by molar-refractivity contribution is 0.100. The van der Waals surface area contributed by atoms with Gasteiger partial charge in [-0.25, -0.2) is 0 Å². The van der Waals surface area contributed by atoms with Gasteiger partial charge in [0.2, 0.25) is 5.91 Å². The smallest absolute Gasteiger partial charge is 0.250 e. The van der Waals surface area contributed by atoms with E-state index in [2.05, 4.69) is 19.2 Å². The van der Waals surface area contributed by atoms with Crippen LogP contribution in [0.4, 0.5) is 5.69 Å². The highest BCUT2D eigenvalue weighted by atomic mass is 35.5. The summed E-state index contributed by atoms with van der Waals surface area (Å²) in [5, 5.41) is 3.94. The Morgan fingerprint density at radius 3 is 2.74 bits per heavy atom. The summed E-state index contributed by atoms with van der Waals surface area (Å²) < 4.78 is 0. The van der Waals surface area contributed by atoms with Crippen LogP contribution in [-0.4, -0.2) is 11.9 Å². The van der Waals surface area contributed by atoms with Crippen LogP contribution < -0.4 is 11.1 Å². The number of amides is 1. The fourth-order valence-corrected chi connectivity index (χ4v) is 3.08. The SMILES string of the molecule is CC1CCCC(Nc2ccc(C(N)=O)c(Cl)c2)C1C. The van der Waals surface area contributed by atoms with Gasteiger partial charge in [0, 0.05) is 11.7 Å². The van der Waals surface area contributed by atoms with E-state index in [9.17, 15) is 4.79 Å². The molecule has 1 aromatic carbocycles. The standard InChI is InChI=1S/C15H21ClN2O/c1-9-4-3-5-14(10(9)2)18-11-6-7-12(15(17)19)13(16)8-11/h6-10,14,18H,3-5H2,1-2H3,(H2,17,19). The largest absolute Gasteiger partial charge is 0.382 e. The van der Waals surface area contributed by atoms with Crippen LogP contribution in [-0.2, 0) is 0 Å². The van der Waals surface area contributed by atoms with Crippen LogP contribution >= 0.6 is 11.6 Å². The Labute approximate surface area is 119 Å². The van der Waals surface area contributed by atoms with E-state index in [1.165, 1.54) is 19.3 Å². The average molecular weight is 281 g/mol. The zero-order chi connectivity index (χ0) is 14.0. The van der Waals surface area contributed by atoms with Crippen molar-refractivity contribution in [3.05, 3.63) is 28.8 Å². The molecular weight excluding hydrogens is 260 g/mol. The number of benzene rings is 1. The Hall–Kier alpha value is -1.22. The predicted molar refractivity (Wildman–Crippen MR) is 79.6 cm³/mol. The molecule has 0 spiro atoms. The number of nitrogens with two attached hydrogens (primary N) is 1. The first kappa shape index (κ1) is 14.2. The summed E-state index contributed by atoms with van der Waals surface area (Å²) in [7, 11) is 0. The normalized spacial score (nSPS) is 27.0. The van der Waals surface area contributed by atoms with Crippen LogP contribution in [0.5, 0.6) is 0 Å². The van der Waals surface area contributed by atoms with Gasteiger partial charge in [0.1, 0.15) is 0 Å². The van der Waals surface area contributed by atoms with Gasteiger partial charge in [-0.3, -0.25) is 4.79 Å². The van der Waals surface area contributed by atoms with Crippen LogP contribution in [0.15, 0.2) is 18.2 Å². The minimum Gasteiger partial charge on any atom is -0.382 e. The summed E-state index contributed by atoms with van der Waals surface area (Å²) in [6, 6.07) is 5.81. The van der Waals surface area contributed by atoms with Crippen molar-refractivity contribution in [3.8, 4) is 0 Å². The second-order valence-electron chi connectivity index (χ2n) is 5.58. The summed E-state index contributed by atoms with van der Waals surface area (Å²) >= 11 is 6.07. The van der Waals surface area contributed by atoms with Gasteiger partial charge < -0.3 is 11.1 Å². The van der Waals surface area contributed by atoms with E-state index in [1.807, 2.05) is 6.07 Å². The molecule has 19 heavy (non-hydrogen) atoms. The molecule has 0 aliphatic heterocycles. The van der Waals surface area contributed by atoms with E-state index in [4.69, 9.17) is 17.3 Å². The number of halogens is 1. The molecule has 0 aromatic heterocycles. The molecule has 1 amide bonds. The third-order valence-corrected chi connectivity index (χ3v) is 4.61. The van der Waals surface area contributed by atoms with Crippen molar-refractivity contribution in [2.75, 3.05) is 5.32 Å². The van der Waals surface area contributed by atoms with E-state index in [0.29, 0.717) is 22.5 Å². The lowest BCUT2D eigenvalue weighted by atomic mass is 9.78. The Morgan fingerprint density at radius 2 is 2.11 bits per heavy atom. The molecular formula is C15H21ClN2O. The van der Waals surface area contributed by atoms with Crippen LogP contribution in [0.2, 0.25) is 5.02 Å². The summed E-state index contributed by atoms with van der Waals surface area (Å²) in [4.78, 5) is 11.1. The van der Waals surface area contributed by atoms with E-state index >= 15 is 0 Å². The molecule has 1 fully saturated rings. The van der Waals surface area contributed by atoms with E-state index in [0.717, 1.165) is 11.6 Å². The Kier molecular flexibility index (Phi) is 4.35. The van der Waals surface area contributed by atoms with Crippen LogP contribution in [0.1, 0.15) is 43.5 Å². The van der Waals surface area contributed by atoms with Crippen LogP contribution in [0.3, 0.4) is 0 Å². The number of carbonyl (C=O) groups is 1. The lowest BCUT2D eigenvalue weighted by Gasteiger charge is -2.35. The van der Waals surface area contributed by atoms with Crippen molar-refractivity contribution in [2.24, 2.45) is 17.6 Å². The Balaban J connectivity index is 2.11. The maximum atomic E-state index is 11.1. The molecule has 104 valence electrons. The highest BCUT2D eigenvalue weighted by Crippen LogP contribution is 2.32. The fraction of sp³-hybridized carbons (Fsp3) is 0.533. The maximum absolute atomic E-state index is 11.1. The number of rotatable bonds is 3. The number of hydrogen-bond acceptors (Lipinski definition) is 2. The molecule has 0 saturated heterocycles. The van der Waals surface area contributed by atoms with Crippen molar-refractivity contribution in [3.63, 3.8) is 0 Å². The molecule has 1 aliphatic carbocycles. The Morgan fingerprint density at radius 1 is 1.37 bits per heavy atom.